The molecule has 1 aliphatic rings. The summed E-state index contributed by atoms with van der Waals surface area (Å²) in [5.74, 6) is 0. The van der Waals surface area contributed by atoms with Gasteiger partial charge >= 0.3 is 0 Å². The van der Waals surface area contributed by atoms with E-state index >= 15 is 0 Å². The maximum Gasteiger partial charge on any atom is 0.167 e. The Morgan fingerprint density at radius 2 is 2.40 bits per heavy atom. The molecule has 1 unspecified atom stereocenters. The molecule has 0 amide bonds. The van der Waals surface area contributed by atoms with E-state index in [2.05, 4.69) is 4.99 Å². The van der Waals surface area contributed by atoms with Crippen LogP contribution < -0.4 is 0 Å². The molecule has 0 fully saturated rings. The summed E-state index contributed by atoms with van der Waals surface area (Å²) in [6.07, 6.45) is 5.39. The maximum atomic E-state index is 10.2. The van der Waals surface area contributed by atoms with Crippen molar-refractivity contribution in [1.82, 2.24) is 0 Å². The first-order valence-corrected chi connectivity index (χ1v) is 3.01. The van der Waals surface area contributed by atoms with Crippen molar-refractivity contribution < 1.29 is 9.59 Å². The number of allylic oxidation sites excluding steroid dienone is 1. The van der Waals surface area contributed by atoms with Crippen molar-refractivity contribution >= 4 is 18.3 Å². The fourth-order valence-corrected chi connectivity index (χ4v) is 0.771. The number of hydrogen-bond acceptors (Lipinski definition) is 3. The molecule has 1 heterocycles. The second-order valence-electron chi connectivity index (χ2n) is 2.01. The molecule has 0 aromatic carbocycles. The van der Waals surface area contributed by atoms with Gasteiger partial charge in [0.1, 0.15) is 12.3 Å². The minimum atomic E-state index is -0.342. The van der Waals surface area contributed by atoms with Gasteiger partial charge < -0.3 is 4.79 Å². The lowest BCUT2D eigenvalue weighted by Gasteiger charge is -2.05. The highest BCUT2D eigenvalue weighted by Crippen LogP contribution is 2.02. The van der Waals surface area contributed by atoms with Crippen LogP contribution in [0.15, 0.2) is 17.1 Å². The van der Waals surface area contributed by atoms with E-state index in [0.717, 1.165) is 6.29 Å². The second-order valence-corrected chi connectivity index (χ2v) is 2.01. The number of carbonyl (C=O) groups excluding carboxylic acids is 2. The number of dihydropyridines is 1. The van der Waals surface area contributed by atoms with E-state index in [9.17, 15) is 9.59 Å². The first-order valence-electron chi connectivity index (χ1n) is 3.01. The van der Waals surface area contributed by atoms with Gasteiger partial charge in [0, 0.05) is 0 Å². The van der Waals surface area contributed by atoms with Crippen LogP contribution >= 0.6 is 0 Å². The molecule has 0 radical (unpaired) electrons. The fourth-order valence-electron chi connectivity index (χ4n) is 0.771. The summed E-state index contributed by atoms with van der Waals surface area (Å²) in [6.45, 7) is 0. The molecule has 1 rings (SSSR count). The summed E-state index contributed by atoms with van der Waals surface area (Å²) in [5, 5.41) is 0. The number of aldehydes is 2. The van der Waals surface area contributed by atoms with Crippen LogP contribution in [0.25, 0.3) is 0 Å². The smallest absolute Gasteiger partial charge is 0.167 e. The molecule has 3 nitrogen and oxygen atoms in total. The second kappa shape index (κ2) is 3.06. The largest absolute Gasteiger partial charge is 0.301 e. The van der Waals surface area contributed by atoms with Crippen LogP contribution in [0.1, 0.15) is 6.42 Å². The van der Waals surface area contributed by atoms with Crippen molar-refractivity contribution in [2.75, 3.05) is 0 Å². The predicted octanol–water partition coefficient (Wildman–Crippen LogP) is 0.154. The third-order valence-electron chi connectivity index (χ3n) is 1.26. The molecule has 1 aliphatic heterocycles. The quantitative estimate of drug-likeness (QED) is 0.509. The highest BCUT2D eigenvalue weighted by Gasteiger charge is 2.07. The van der Waals surface area contributed by atoms with Gasteiger partial charge in [0.2, 0.25) is 0 Å². The van der Waals surface area contributed by atoms with Crippen molar-refractivity contribution in [1.29, 1.82) is 0 Å². The van der Waals surface area contributed by atoms with E-state index < -0.39 is 0 Å². The van der Waals surface area contributed by atoms with Crippen LogP contribution in [0.3, 0.4) is 0 Å². The standard InChI is InChI=1S/C7H7NO2/c9-4-6-2-1-3-7(5-10)8-6/h1-2,4-5,7H,3H2. The Balaban J connectivity index is 2.73. The molecule has 3 heteroatoms. The lowest BCUT2D eigenvalue weighted by atomic mass is 10.1. The Morgan fingerprint density at radius 3 is 3.00 bits per heavy atom. The minimum Gasteiger partial charge on any atom is -0.301 e. The van der Waals surface area contributed by atoms with E-state index in [1.807, 2.05) is 0 Å². The first-order chi connectivity index (χ1) is 4.86. The number of hydrogen-bond donors (Lipinski definition) is 0. The van der Waals surface area contributed by atoms with E-state index in [-0.39, 0.29) is 6.04 Å². The predicted molar refractivity (Wildman–Crippen MR) is 37.1 cm³/mol. The average Bonchev–Trinajstić information content (AvgIpc) is 2.05. The van der Waals surface area contributed by atoms with Crippen molar-refractivity contribution in [2.24, 2.45) is 4.99 Å². The molecular weight excluding hydrogens is 130 g/mol. The first kappa shape index (κ1) is 6.86. The van der Waals surface area contributed by atoms with Gasteiger partial charge in [-0.1, -0.05) is 6.08 Å². The zero-order valence-corrected chi connectivity index (χ0v) is 5.36. The van der Waals surface area contributed by atoms with Crippen LogP contribution in [0.5, 0.6) is 0 Å². The molecule has 10 heavy (non-hydrogen) atoms. The Morgan fingerprint density at radius 1 is 1.60 bits per heavy atom. The van der Waals surface area contributed by atoms with Crippen LogP contribution in [0.2, 0.25) is 0 Å². The van der Waals surface area contributed by atoms with Crippen LogP contribution in [0.4, 0.5) is 0 Å². The number of aliphatic imine (C=N–C) groups is 1. The van der Waals surface area contributed by atoms with Crippen LogP contribution in [-0.4, -0.2) is 24.3 Å². The van der Waals surface area contributed by atoms with Gasteiger partial charge in [-0.05, 0) is 12.5 Å². The zero-order valence-electron chi connectivity index (χ0n) is 5.36. The lowest BCUT2D eigenvalue weighted by Crippen LogP contribution is -2.12. The molecule has 0 bridgehead atoms. The molecule has 52 valence electrons. The molecule has 0 spiro atoms. The van der Waals surface area contributed by atoms with Crippen molar-refractivity contribution in [3.8, 4) is 0 Å². The normalized spacial score (nSPS) is 23.6. The molecule has 0 aliphatic carbocycles. The molecule has 0 N–H and O–H groups in total. The Labute approximate surface area is 58.5 Å². The van der Waals surface area contributed by atoms with Crippen molar-refractivity contribution in [3.05, 3.63) is 12.2 Å². The fraction of sp³-hybridized carbons (Fsp3) is 0.286. The summed E-state index contributed by atoms with van der Waals surface area (Å²) in [5.41, 5.74) is 0.350. The molecule has 0 saturated heterocycles. The third-order valence-corrected chi connectivity index (χ3v) is 1.26. The lowest BCUT2D eigenvalue weighted by molar-refractivity contribution is -0.108. The average molecular weight is 137 g/mol. The van der Waals surface area contributed by atoms with Crippen molar-refractivity contribution in [3.63, 3.8) is 0 Å². The van der Waals surface area contributed by atoms with E-state index in [1.54, 1.807) is 12.2 Å². The summed E-state index contributed by atoms with van der Waals surface area (Å²) in [6, 6.07) is -0.342. The summed E-state index contributed by atoms with van der Waals surface area (Å²) in [4.78, 5) is 24.1. The number of carbonyl (C=O) groups is 2. The zero-order chi connectivity index (χ0) is 7.40. The Bertz CT molecular complexity index is 206. The summed E-state index contributed by atoms with van der Waals surface area (Å²) < 4.78 is 0. The van der Waals surface area contributed by atoms with Gasteiger partial charge in [-0.3, -0.25) is 9.79 Å². The van der Waals surface area contributed by atoms with E-state index in [4.69, 9.17) is 0 Å². The van der Waals surface area contributed by atoms with Gasteiger partial charge in [0.15, 0.2) is 6.29 Å². The molecule has 0 aromatic rings. The Hall–Kier alpha value is -1.25. The van der Waals surface area contributed by atoms with E-state index in [0.29, 0.717) is 18.4 Å². The van der Waals surface area contributed by atoms with Crippen LogP contribution in [-0.2, 0) is 9.59 Å². The monoisotopic (exact) mass is 137 g/mol. The number of nitrogens with zero attached hydrogens (tertiary/aromatic N) is 1. The molecule has 0 aromatic heterocycles. The Kier molecular flexibility index (Phi) is 2.10. The summed E-state index contributed by atoms with van der Waals surface area (Å²) >= 11 is 0. The van der Waals surface area contributed by atoms with Gasteiger partial charge in [-0.25, -0.2) is 0 Å². The number of rotatable bonds is 2. The maximum absolute atomic E-state index is 10.2. The summed E-state index contributed by atoms with van der Waals surface area (Å²) in [7, 11) is 0. The van der Waals surface area contributed by atoms with Gasteiger partial charge in [-0.15, -0.1) is 0 Å². The van der Waals surface area contributed by atoms with Crippen molar-refractivity contribution in [2.45, 2.75) is 12.5 Å². The van der Waals surface area contributed by atoms with Gasteiger partial charge in [0.05, 0.1) is 5.71 Å². The van der Waals surface area contributed by atoms with Gasteiger partial charge in [-0.2, -0.15) is 0 Å². The third kappa shape index (κ3) is 1.37. The molecule has 0 saturated carbocycles. The highest BCUT2D eigenvalue weighted by atomic mass is 16.1. The van der Waals surface area contributed by atoms with E-state index in [1.165, 1.54) is 0 Å². The SMILES string of the molecule is O=CC1=NC(C=O)CC=C1. The van der Waals surface area contributed by atoms with Crippen LogP contribution in [0, 0.1) is 0 Å². The topological polar surface area (TPSA) is 46.5 Å². The minimum absolute atomic E-state index is 0.342. The highest BCUT2D eigenvalue weighted by molar-refractivity contribution is 6.34. The molecule has 1 atom stereocenters. The van der Waals surface area contributed by atoms with Gasteiger partial charge in [0.25, 0.3) is 0 Å². The molecular formula is C7H7NO2.